The first-order chi connectivity index (χ1) is 16.0. The minimum atomic E-state index is -3.63. The van der Waals surface area contributed by atoms with Crippen LogP contribution < -0.4 is 14.2 Å². The van der Waals surface area contributed by atoms with Gasteiger partial charge in [0.2, 0.25) is 10.0 Å². The largest absolute Gasteiger partial charge is 0.496 e. The monoisotopic (exact) mass is 478 g/mol. The molecular weight excluding hydrogens is 448 g/mol. The predicted molar refractivity (Wildman–Crippen MR) is 121 cm³/mol. The number of fused-ring (bicyclic) bond motifs is 1. The lowest BCUT2D eigenvalue weighted by Gasteiger charge is -2.35. The van der Waals surface area contributed by atoms with Crippen molar-refractivity contribution in [3.8, 4) is 17.2 Å². The summed E-state index contributed by atoms with van der Waals surface area (Å²) in [6.45, 7) is 3.59. The molecule has 10 heteroatoms. The van der Waals surface area contributed by atoms with Crippen LogP contribution in [0, 0.1) is 0 Å². The summed E-state index contributed by atoms with van der Waals surface area (Å²) < 4.78 is 49.5. The number of sulfonamides is 1. The van der Waals surface area contributed by atoms with Gasteiger partial charge < -0.3 is 24.1 Å². The molecule has 180 valence electrons. The molecule has 2 aliphatic heterocycles. The zero-order valence-electron chi connectivity index (χ0n) is 18.7. The van der Waals surface area contributed by atoms with Crippen molar-refractivity contribution >= 4 is 10.0 Å². The van der Waals surface area contributed by atoms with Crippen LogP contribution in [0.15, 0.2) is 47.4 Å². The highest BCUT2D eigenvalue weighted by Gasteiger charge is 2.30. The Hall–Kier alpha value is -2.37. The second-order valence-electron chi connectivity index (χ2n) is 7.99. The van der Waals surface area contributed by atoms with Gasteiger partial charge in [0.25, 0.3) is 0 Å². The van der Waals surface area contributed by atoms with E-state index in [1.807, 2.05) is 29.2 Å². The molecule has 1 saturated heterocycles. The third-order valence-electron chi connectivity index (χ3n) is 5.71. The van der Waals surface area contributed by atoms with Crippen LogP contribution in [0.2, 0.25) is 0 Å². The molecule has 4 rings (SSSR count). The van der Waals surface area contributed by atoms with Gasteiger partial charge in [-0.1, -0.05) is 18.2 Å². The quantitative estimate of drug-likeness (QED) is 0.577. The van der Waals surface area contributed by atoms with Crippen LogP contribution in [-0.4, -0.2) is 88.5 Å². The number of β-amino-alcohol motifs (C(OH)–C–C–N with tert-alkyl or cyclic N) is 1. The van der Waals surface area contributed by atoms with Gasteiger partial charge in [-0.05, 0) is 18.2 Å². The van der Waals surface area contributed by atoms with E-state index < -0.39 is 16.1 Å². The molecule has 0 amide bonds. The Labute approximate surface area is 194 Å². The number of aliphatic hydroxyl groups excluding tert-OH is 1. The maximum atomic E-state index is 13.1. The summed E-state index contributed by atoms with van der Waals surface area (Å²) >= 11 is 0. The van der Waals surface area contributed by atoms with Crippen LogP contribution in [0.25, 0.3) is 0 Å². The Kier molecular flexibility index (Phi) is 7.71. The number of rotatable bonds is 9. The van der Waals surface area contributed by atoms with Crippen LogP contribution in [0.5, 0.6) is 17.2 Å². The van der Waals surface area contributed by atoms with Gasteiger partial charge in [-0.15, -0.1) is 0 Å². The summed E-state index contributed by atoms with van der Waals surface area (Å²) in [5.74, 6) is 1.77. The molecule has 0 bridgehead atoms. The highest BCUT2D eigenvalue weighted by molar-refractivity contribution is 7.89. The molecule has 2 heterocycles. The molecule has 0 radical (unpaired) electrons. The molecular formula is C23H30N2O7S. The molecule has 9 nitrogen and oxygen atoms in total. The van der Waals surface area contributed by atoms with Gasteiger partial charge in [-0.2, -0.15) is 4.31 Å². The SMILES string of the molecule is COc1ccccc1COC[C@@H](O)CN1CCN(S(=O)(=O)c2ccc3c(c2)OCCO3)CC1. The molecule has 33 heavy (non-hydrogen) atoms. The van der Waals surface area contributed by atoms with E-state index in [1.54, 1.807) is 19.2 Å². The van der Waals surface area contributed by atoms with Crippen molar-refractivity contribution in [3.05, 3.63) is 48.0 Å². The van der Waals surface area contributed by atoms with Crippen molar-refractivity contribution in [2.75, 3.05) is 59.7 Å². The lowest BCUT2D eigenvalue weighted by atomic mass is 10.2. The van der Waals surface area contributed by atoms with E-state index in [4.69, 9.17) is 18.9 Å². The molecule has 2 aromatic carbocycles. The predicted octanol–water partition coefficient (Wildman–Crippen LogP) is 1.35. The fraction of sp³-hybridized carbons (Fsp3) is 0.478. The molecule has 0 aromatic heterocycles. The normalized spacial score (nSPS) is 18.1. The fourth-order valence-electron chi connectivity index (χ4n) is 3.96. The van der Waals surface area contributed by atoms with Crippen molar-refractivity contribution in [1.82, 2.24) is 9.21 Å². The summed E-state index contributed by atoms with van der Waals surface area (Å²) in [6.07, 6.45) is -0.666. The maximum absolute atomic E-state index is 13.1. The third kappa shape index (κ3) is 5.77. The molecule has 2 aromatic rings. The number of benzene rings is 2. The third-order valence-corrected chi connectivity index (χ3v) is 7.61. The van der Waals surface area contributed by atoms with Gasteiger partial charge >= 0.3 is 0 Å². The summed E-state index contributed by atoms with van der Waals surface area (Å²) in [5.41, 5.74) is 0.921. The number of para-hydroxylation sites is 1. The zero-order valence-corrected chi connectivity index (χ0v) is 19.5. The second kappa shape index (κ2) is 10.7. The molecule has 1 N–H and O–H groups in total. The Bertz CT molecular complexity index is 1040. The van der Waals surface area contributed by atoms with E-state index >= 15 is 0 Å². The summed E-state index contributed by atoms with van der Waals surface area (Å²) in [7, 11) is -2.01. The van der Waals surface area contributed by atoms with Crippen LogP contribution in [0.1, 0.15) is 5.56 Å². The van der Waals surface area contributed by atoms with Crippen molar-refractivity contribution in [2.24, 2.45) is 0 Å². The Balaban J connectivity index is 1.24. The number of hydrogen-bond donors (Lipinski definition) is 1. The Morgan fingerprint density at radius 1 is 1.03 bits per heavy atom. The first-order valence-corrected chi connectivity index (χ1v) is 12.4. The van der Waals surface area contributed by atoms with Gasteiger partial charge in [-0.25, -0.2) is 8.42 Å². The first-order valence-electron chi connectivity index (χ1n) is 11.0. The van der Waals surface area contributed by atoms with E-state index in [0.717, 1.165) is 11.3 Å². The molecule has 1 fully saturated rings. The minimum absolute atomic E-state index is 0.188. The van der Waals surface area contributed by atoms with Gasteiger partial charge in [0.1, 0.15) is 19.0 Å². The summed E-state index contributed by atoms with van der Waals surface area (Å²) in [5, 5.41) is 10.4. The lowest BCUT2D eigenvalue weighted by molar-refractivity contribution is 0.00494. The van der Waals surface area contributed by atoms with Crippen LogP contribution in [0.4, 0.5) is 0 Å². The van der Waals surface area contributed by atoms with E-state index in [-0.39, 0.29) is 11.5 Å². The molecule has 0 saturated carbocycles. The highest BCUT2D eigenvalue weighted by atomic mass is 32.2. The number of methoxy groups -OCH3 is 1. The molecule has 0 spiro atoms. The standard InChI is InChI=1S/C23H30N2O7S/c1-29-21-5-3-2-4-18(21)16-30-17-19(26)15-24-8-10-25(11-9-24)33(27,28)20-6-7-22-23(14-20)32-13-12-31-22/h2-7,14,19,26H,8-13,15-17H2,1H3/t19-/m0/s1. The van der Waals surface area contributed by atoms with Gasteiger partial charge in [0, 0.05) is 44.4 Å². The zero-order chi connectivity index (χ0) is 23.3. The Morgan fingerprint density at radius 3 is 2.52 bits per heavy atom. The summed E-state index contributed by atoms with van der Waals surface area (Å²) in [6, 6.07) is 12.3. The molecule has 1 atom stereocenters. The molecule has 0 unspecified atom stereocenters. The summed E-state index contributed by atoms with van der Waals surface area (Å²) in [4.78, 5) is 2.25. The average Bonchev–Trinajstić information content (AvgIpc) is 2.84. The van der Waals surface area contributed by atoms with Gasteiger partial charge in [0.05, 0.1) is 31.3 Å². The highest BCUT2D eigenvalue weighted by Crippen LogP contribution is 2.33. The minimum Gasteiger partial charge on any atom is -0.496 e. The van der Waals surface area contributed by atoms with Crippen molar-refractivity contribution in [1.29, 1.82) is 0 Å². The average molecular weight is 479 g/mol. The number of aliphatic hydroxyl groups is 1. The fourth-order valence-corrected chi connectivity index (χ4v) is 5.40. The second-order valence-corrected chi connectivity index (χ2v) is 9.93. The first kappa shape index (κ1) is 23.8. The van der Waals surface area contributed by atoms with Crippen molar-refractivity contribution < 1.29 is 32.5 Å². The van der Waals surface area contributed by atoms with Crippen LogP contribution >= 0.6 is 0 Å². The Morgan fingerprint density at radius 2 is 1.76 bits per heavy atom. The van der Waals surface area contributed by atoms with E-state index in [1.165, 1.54) is 10.4 Å². The topological polar surface area (TPSA) is 97.8 Å². The number of piperazine rings is 1. The van der Waals surface area contributed by atoms with Crippen molar-refractivity contribution in [3.63, 3.8) is 0 Å². The van der Waals surface area contributed by atoms with E-state index in [2.05, 4.69) is 0 Å². The van der Waals surface area contributed by atoms with Gasteiger partial charge in [0.15, 0.2) is 11.5 Å². The smallest absolute Gasteiger partial charge is 0.243 e. The van der Waals surface area contributed by atoms with E-state index in [9.17, 15) is 13.5 Å². The lowest BCUT2D eigenvalue weighted by Crippen LogP contribution is -2.50. The van der Waals surface area contributed by atoms with Gasteiger partial charge in [-0.3, -0.25) is 4.90 Å². The van der Waals surface area contributed by atoms with Crippen LogP contribution in [0.3, 0.4) is 0 Å². The van der Waals surface area contributed by atoms with Crippen LogP contribution in [-0.2, 0) is 21.4 Å². The van der Waals surface area contributed by atoms with E-state index in [0.29, 0.717) is 64.0 Å². The molecule has 2 aliphatic rings. The van der Waals surface area contributed by atoms with Crippen molar-refractivity contribution in [2.45, 2.75) is 17.6 Å². The molecule has 0 aliphatic carbocycles. The number of nitrogens with zero attached hydrogens (tertiary/aromatic N) is 2. The maximum Gasteiger partial charge on any atom is 0.243 e. The number of hydrogen-bond acceptors (Lipinski definition) is 8. The number of ether oxygens (including phenoxy) is 4.